The molecule has 0 heterocycles. The van der Waals surface area contributed by atoms with E-state index in [4.69, 9.17) is 5.26 Å². The molecule has 0 unspecified atom stereocenters. The fraction of sp³-hybridized carbons (Fsp3) is 0.875. The standard InChI is InChI=1S/C8H11N/c9-5-7-3-1-2-6-4-8(6)7/h6-8H,1-4H2/t6-,7-,8+/m0/s1. The lowest BCUT2D eigenvalue weighted by molar-refractivity contribution is 0.403. The monoisotopic (exact) mass is 121 g/mol. The molecule has 0 radical (unpaired) electrons. The molecule has 9 heavy (non-hydrogen) atoms. The van der Waals surface area contributed by atoms with Crippen LogP contribution in [0.1, 0.15) is 25.7 Å². The Morgan fingerprint density at radius 3 is 2.89 bits per heavy atom. The molecule has 1 heteroatoms. The topological polar surface area (TPSA) is 23.8 Å². The fourth-order valence-electron chi connectivity index (χ4n) is 2.07. The van der Waals surface area contributed by atoms with Crippen LogP contribution in [0.4, 0.5) is 0 Å². The second kappa shape index (κ2) is 1.73. The summed E-state index contributed by atoms with van der Waals surface area (Å²) in [6.07, 6.45) is 5.25. The number of rotatable bonds is 0. The van der Waals surface area contributed by atoms with Crippen LogP contribution in [-0.2, 0) is 0 Å². The molecule has 0 aromatic rings. The molecule has 48 valence electrons. The van der Waals surface area contributed by atoms with Gasteiger partial charge in [0.25, 0.3) is 0 Å². The van der Waals surface area contributed by atoms with E-state index in [-0.39, 0.29) is 0 Å². The van der Waals surface area contributed by atoms with E-state index in [1.807, 2.05) is 0 Å². The van der Waals surface area contributed by atoms with E-state index in [1.165, 1.54) is 25.7 Å². The zero-order chi connectivity index (χ0) is 6.27. The van der Waals surface area contributed by atoms with Crippen molar-refractivity contribution in [3.63, 3.8) is 0 Å². The van der Waals surface area contributed by atoms with Gasteiger partial charge in [-0.25, -0.2) is 0 Å². The van der Waals surface area contributed by atoms with Crippen LogP contribution in [0.15, 0.2) is 0 Å². The lowest BCUT2D eigenvalue weighted by atomic mass is 9.90. The zero-order valence-electron chi connectivity index (χ0n) is 5.51. The van der Waals surface area contributed by atoms with Crippen molar-refractivity contribution in [1.82, 2.24) is 0 Å². The third kappa shape index (κ3) is 0.738. The summed E-state index contributed by atoms with van der Waals surface area (Å²) >= 11 is 0. The van der Waals surface area contributed by atoms with E-state index < -0.39 is 0 Å². The highest BCUT2D eigenvalue weighted by Gasteiger charge is 2.45. The largest absolute Gasteiger partial charge is 0.198 e. The van der Waals surface area contributed by atoms with Crippen molar-refractivity contribution in [2.24, 2.45) is 17.8 Å². The highest BCUT2D eigenvalue weighted by molar-refractivity contribution is 5.02. The second-order valence-corrected chi connectivity index (χ2v) is 3.33. The number of nitriles is 1. The fourth-order valence-corrected chi connectivity index (χ4v) is 2.07. The molecular formula is C8H11N. The normalized spacial score (nSPS) is 47.2. The van der Waals surface area contributed by atoms with Gasteiger partial charge in [0, 0.05) is 5.92 Å². The van der Waals surface area contributed by atoms with Crippen LogP contribution in [0.5, 0.6) is 0 Å². The molecule has 0 spiro atoms. The molecule has 2 fully saturated rings. The highest BCUT2D eigenvalue weighted by atomic mass is 14.5. The maximum Gasteiger partial charge on any atom is 0.0658 e. The van der Waals surface area contributed by atoms with Gasteiger partial charge in [0.2, 0.25) is 0 Å². The minimum Gasteiger partial charge on any atom is -0.198 e. The van der Waals surface area contributed by atoms with Crippen LogP contribution >= 0.6 is 0 Å². The second-order valence-electron chi connectivity index (χ2n) is 3.33. The summed E-state index contributed by atoms with van der Waals surface area (Å²) in [5.41, 5.74) is 0. The average molecular weight is 121 g/mol. The van der Waals surface area contributed by atoms with Crippen molar-refractivity contribution in [3.05, 3.63) is 0 Å². The minimum absolute atomic E-state index is 0.434. The summed E-state index contributed by atoms with van der Waals surface area (Å²) in [5.74, 6) is 2.22. The lowest BCUT2D eigenvalue weighted by Crippen LogP contribution is -2.06. The Morgan fingerprint density at radius 2 is 2.22 bits per heavy atom. The Hall–Kier alpha value is -0.510. The summed E-state index contributed by atoms with van der Waals surface area (Å²) in [7, 11) is 0. The maximum absolute atomic E-state index is 8.64. The molecule has 2 saturated carbocycles. The summed E-state index contributed by atoms with van der Waals surface area (Å²) in [6.45, 7) is 0. The minimum atomic E-state index is 0.434. The van der Waals surface area contributed by atoms with Gasteiger partial charge in [-0.3, -0.25) is 0 Å². The van der Waals surface area contributed by atoms with E-state index in [0.717, 1.165) is 11.8 Å². The number of nitrogens with zero attached hydrogens (tertiary/aromatic N) is 1. The van der Waals surface area contributed by atoms with Crippen LogP contribution in [-0.4, -0.2) is 0 Å². The molecule has 0 aromatic carbocycles. The molecule has 2 rings (SSSR count). The summed E-state index contributed by atoms with van der Waals surface area (Å²) in [4.78, 5) is 0. The van der Waals surface area contributed by atoms with Crippen molar-refractivity contribution in [3.8, 4) is 6.07 Å². The Balaban J connectivity index is 2.02. The van der Waals surface area contributed by atoms with Crippen LogP contribution in [0.3, 0.4) is 0 Å². The van der Waals surface area contributed by atoms with E-state index in [2.05, 4.69) is 6.07 Å². The van der Waals surface area contributed by atoms with Crippen molar-refractivity contribution < 1.29 is 0 Å². The first-order chi connectivity index (χ1) is 4.42. The van der Waals surface area contributed by atoms with Gasteiger partial charge in [-0.05, 0) is 24.7 Å². The summed E-state index contributed by atoms with van der Waals surface area (Å²) < 4.78 is 0. The first-order valence-corrected chi connectivity index (χ1v) is 3.81. The van der Waals surface area contributed by atoms with Crippen molar-refractivity contribution in [1.29, 1.82) is 5.26 Å². The molecule has 0 saturated heterocycles. The first kappa shape index (κ1) is 5.29. The Morgan fingerprint density at radius 1 is 1.33 bits per heavy atom. The molecule has 0 bridgehead atoms. The summed E-state index contributed by atoms with van der Waals surface area (Å²) in [6, 6.07) is 2.40. The molecule has 3 atom stereocenters. The van der Waals surface area contributed by atoms with Gasteiger partial charge in [-0.1, -0.05) is 12.8 Å². The van der Waals surface area contributed by atoms with E-state index in [0.29, 0.717) is 5.92 Å². The van der Waals surface area contributed by atoms with Gasteiger partial charge in [0.1, 0.15) is 0 Å². The van der Waals surface area contributed by atoms with Crippen LogP contribution in [0, 0.1) is 29.1 Å². The maximum atomic E-state index is 8.64. The molecule has 0 amide bonds. The SMILES string of the molecule is N#C[C@@H]1CCC[C@H]2C[C@H]21. The van der Waals surface area contributed by atoms with Crippen LogP contribution < -0.4 is 0 Å². The van der Waals surface area contributed by atoms with Gasteiger partial charge >= 0.3 is 0 Å². The molecule has 0 aliphatic heterocycles. The summed E-state index contributed by atoms with van der Waals surface area (Å²) in [5, 5.41) is 8.64. The molecule has 2 aliphatic rings. The number of fused-ring (bicyclic) bond motifs is 1. The van der Waals surface area contributed by atoms with Gasteiger partial charge in [-0.15, -0.1) is 0 Å². The van der Waals surface area contributed by atoms with Gasteiger partial charge < -0.3 is 0 Å². The van der Waals surface area contributed by atoms with Crippen molar-refractivity contribution >= 4 is 0 Å². The van der Waals surface area contributed by atoms with Gasteiger partial charge in [0.15, 0.2) is 0 Å². The lowest BCUT2D eigenvalue weighted by Gasteiger charge is -2.12. The first-order valence-electron chi connectivity index (χ1n) is 3.81. The number of hydrogen-bond donors (Lipinski definition) is 0. The van der Waals surface area contributed by atoms with Crippen LogP contribution in [0.25, 0.3) is 0 Å². The smallest absolute Gasteiger partial charge is 0.0658 e. The zero-order valence-corrected chi connectivity index (χ0v) is 5.51. The van der Waals surface area contributed by atoms with E-state index in [1.54, 1.807) is 0 Å². The predicted molar refractivity (Wildman–Crippen MR) is 34.6 cm³/mol. The van der Waals surface area contributed by atoms with Gasteiger partial charge in [0.05, 0.1) is 6.07 Å². The third-order valence-corrected chi connectivity index (χ3v) is 2.75. The third-order valence-electron chi connectivity index (χ3n) is 2.75. The Bertz CT molecular complexity index is 156. The highest BCUT2D eigenvalue weighted by Crippen LogP contribution is 2.52. The molecule has 2 aliphatic carbocycles. The van der Waals surface area contributed by atoms with E-state index >= 15 is 0 Å². The molecule has 0 aromatic heterocycles. The van der Waals surface area contributed by atoms with Crippen LogP contribution in [0.2, 0.25) is 0 Å². The Labute approximate surface area is 55.7 Å². The number of hydrogen-bond acceptors (Lipinski definition) is 1. The predicted octanol–water partition coefficient (Wildman–Crippen LogP) is 1.95. The molecule has 1 nitrogen and oxygen atoms in total. The van der Waals surface area contributed by atoms with Crippen molar-refractivity contribution in [2.45, 2.75) is 25.7 Å². The Kier molecular flexibility index (Phi) is 1.02. The quantitative estimate of drug-likeness (QED) is 0.480. The molecule has 0 N–H and O–H groups in total. The average Bonchev–Trinajstić information content (AvgIpc) is 2.64. The van der Waals surface area contributed by atoms with Crippen molar-refractivity contribution in [2.75, 3.05) is 0 Å². The van der Waals surface area contributed by atoms with Gasteiger partial charge in [-0.2, -0.15) is 5.26 Å². The molecular weight excluding hydrogens is 110 g/mol. The van der Waals surface area contributed by atoms with E-state index in [9.17, 15) is 0 Å².